The molecule has 0 N–H and O–H groups in total. The van der Waals surface area contributed by atoms with Gasteiger partial charge in [-0.3, -0.25) is 14.0 Å². The van der Waals surface area contributed by atoms with Crippen molar-refractivity contribution in [1.29, 1.82) is 0 Å². The van der Waals surface area contributed by atoms with Crippen LogP contribution in [0.15, 0.2) is 29.3 Å². The second-order valence-corrected chi connectivity index (χ2v) is 5.00. The standard InChI is InChI=1S/C14H14F3N3O2/c1-9-3-4-11-18-7-10(13(22)20(11)8-9)12(21)19(2)6-5-14(15,16)17/h3-4,7-8H,5-6H2,1-2H3. The van der Waals surface area contributed by atoms with E-state index in [9.17, 15) is 22.8 Å². The van der Waals surface area contributed by atoms with E-state index in [1.165, 1.54) is 17.6 Å². The van der Waals surface area contributed by atoms with Crippen molar-refractivity contribution < 1.29 is 18.0 Å². The maximum atomic E-state index is 12.3. The van der Waals surface area contributed by atoms with Crippen molar-refractivity contribution in [2.45, 2.75) is 19.5 Å². The Balaban J connectivity index is 2.32. The van der Waals surface area contributed by atoms with Crippen LogP contribution < -0.4 is 5.56 Å². The van der Waals surface area contributed by atoms with Gasteiger partial charge in [0.1, 0.15) is 11.2 Å². The first-order chi connectivity index (χ1) is 10.2. The van der Waals surface area contributed by atoms with Crippen LogP contribution in [0.3, 0.4) is 0 Å². The molecule has 5 nitrogen and oxygen atoms in total. The Labute approximate surface area is 124 Å². The molecule has 2 rings (SSSR count). The van der Waals surface area contributed by atoms with Crippen molar-refractivity contribution in [3.05, 3.63) is 46.0 Å². The van der Waals surface area contributed by atoms with E-state index in [1.807, 2.05) is 0 Å². The zero-order chi connectivity index (χ0) is 16.5. The highest BCUT2D eigenvalue weighted by molar-refractivity contribution is 5.93. The van der Waals surface area contributed by atoms with Crippen molar-refractivity contribution in [3.8, 4) is 0 Å². The van der Waals surface area contributed by atoms with Crippen LogP contribution in [0.4, 0.5) is 13.2 Å². The van der Waals surface area contributed by atoms with E-state index < -0.39 is 30.6 Å². The second kappa shape index (κ2) is 5.78. The maximum absolute atomic E-state index is 12.3. The van der Waals surface area contributed by atoms with E-state index in [2.05, 4.69) is 4.98 Å². The predicted octanol–water partition coefficient (Wildman–Crippen LogP) is 2.03. The number of fused-ring (bicyclic) bond motifs is 1. The van der Waals surface area contributed by atoms with Gasteiger partial charge in [-0.1, -0.05) is 6.07 Å². The number of halogens is 3. The van der Waals surface area contributed by atoms with Crippen molar-refractivity contribution in [2.24, 2.45) is 0 Å². The van der Waals surface area contributed by atoms with Crippen molar-refractivity contribution >= 4 is 11.6 Å². The Hall–Kier alpha value is -2.38. The number of hydrogen-bond donors (Lipinski definition) is 0. The van der Waals surface area contributed by atoms with Crippen LogP contribution in [0.2, 0.25) is 0 Å². The highest BCUT2D eigenvalue weighted by Gasteiger charge is 2.28. The Morgan fingerprint density at radius 1 is 1.36 bits per heavy atom. The molecule has 8 heteroatoms. The molecule has 0 aliphatic carbocycles. The molecular formula is C14H14F3N3O2. The lowest BCUT2D eigenvalue weighted by Crippen LogP contribution is -2.35. The molecule has 0 radical (unpaired) electrons. The molecule has 0 aromatic carbocycles. The molecule has 2 heterocycles. The van der Waals surface area contributed by atoms with E-state index in [0.717, 1.165) is 16.7 Å². The molecule has 0 atom stereocenters. The van der Waals surface area contributed by atoms with Gasteiger partial charge in [0.15, 0.2) is 0 Å². The average Bonchev–Trinajstić information content (AvgIpc) is 2.44. The molecule has 0 aliphatic rings. The number of aryl methyl sites for hydroxylation is 1. The third kappa shape index (κ3) is 3.44. The zero-order valence-corrected chi connectivity index (χ0v) is 12.0. The van der Waals surface area contributed by atoms with Gasteiger partial charge in [0, 0.05) is 26.0 Å². The van der Waals surface area contributed by atoms with Crippen molar-refractivity contribution in [1.82, 2.24) is 14.3 Å². The van der Waals surface area contributed by atoms with Gasteiger partial charge < -0.3 is 4.90 Å². The molecule has 22 heavy (non-hydrogen) atoms. The summed E-state index contributed by atoms with van der Waals surface area (Å²) in [5.41, 5.74) is 0.307. The van der Waals surface area contributed by atoms with Crippen LogP contribution in [0, 0.1) is 6.92 Å². The fraction of sp³-hybridized carbons (Fsp3) is 0.357. The third-order valence-corrected chi connectivity index (χ3v) is 3.16. The molecule has 118 valence electrons. The molecule has 1 amide bonds. The number of alkyl halides is 3. The van der Waals surface area contributed by atoms with Crippen LogP contribution in [0.1, 0.15) is 22.3 Å². The van der Waals surface area contributed by atoms with Gasteiger partial charge in [-0.25, -0.2) is 4.98 Å². The van der Waals surface area contributed by atoms with Gasteiger partial charge in [0.2, 0.25) is 0 Å². The normalized spacial score (nSPS) is 11.7. The molecule has 0 unspecified atom stereocenters. The molecule has 2 aromatic rings. The average molecular weight is 313 g/mol. The Kier molecular flexibility index (Phi) is 4.20. The molecule has 0 spiro atoms. The number of amides is 1. The van der Waals surface area contributed by atoms with E-state index in [-0.39, 0.29) is 5.56 Å². The summed E-state index contributed by atoms with van der Waals surface area (Å²) < 4.78 is 37.8. The summed E-state index contributed by atoms with van der Waals surface area (Å²) in [4.78, 5) is 29.3. The Bertz CT molecular complexity index is 768. The highest BCUT2D eigenvalue weighted by atomic mass is 19.4. The van der Waals surface area contributed by atoms with E-state index in [4.69, 9.17) is 0 Å². The summed E-state index contributed by atoms with van der Waals surface area (Å²) in [5, 5.41) is 0. The fourth-order valence-corrected chi connectivity index (χ4v) is 1.93. The summed E-state index contributed by atoms with van der Waals surface area (Å²) in [6, 6.07) is 3.39. The van der Waals surface area contributed by atoms with Gasteiger partial charge >= 0.3 is 6.18 Å². The van der Waals surface area contributed by atoms with Crippen molar-refractivity contribution in [3.63, 3.8) is 0 Å². The minimum absolute atomic E-state index is 0.257. The summed E-state index contributed by atoms with van der Waals surface area (Å²) in [5.74, 6) is -0.780. The number of hydrogen-bond acceptors (Lipinski definition) is 3. The quantitative estimate of drug-likeness (QED) is 0.871. The third-order valence-electron chi connectivity index (χ3n) is 3.16. The number of carbonyl (C=O) groups is 1. The maximum Gasteiger partial charge on any atom is 0.390 e. The van der Waals surface area contributed by atoms with Gasteiger partial charge in [0.05, 0.1) is 6.42 Å². The molecule has 0 saturated heterocycles. The molecule has 0 saturated carbocycles. The van der Waals surface area contributed by atoms with Crippen LogP contribution >= 0.6 is 0 Å². The first-order valence-electron chi connectivity index (χ1n) is 6.49. The van der Waals surface area contributed by atoms with E-state index >= 15 is 0 Å². The molecule has 0 aliphatic heterocycles. The molecule has 0 fully saturated rings. The molecule has 2 aromatic heterocycles. The SMILES string of the molecule is Cc1ccc2ncc(C(=O)N(C)CCC(F)(F)F)c(=O)n2c1. The van der Waals surface area contributed by atoms with Crippen LogP contribution in [-0.4, -0.2) is 40.0 Å². The Morgan fingerprint density at radius 2 is 2.05 bits per heavy atom. The summed E-state index contributed by atoms with van der Waals surface area (Å²) >= 11 is 0. The fourth-order valence-electron chi connectivity index (χ4n) is 1.93. The largest absolute Gasteiger partial charge is 0.390 e. The van der Waals surface area contributed by atoms with E-state index in [1.54, 1.807) is 19.1 Å². The predicted molar refractivity (Wildman–Crippen MR) is 73.8 cm³/mol. The summed E-state index contributed by atoms with van der Waals surface area (Å²) in [6.07, 6.45) is -2.87. The summed E-state index contributed by atoms with van der Waals surface area (Å²) in [6.45, 7) is 1.26. The number of rotatable bonds is 3. The van der Waals surface area contributed by atoms with Crippen LogP contribution in [0.25, 0.3) is 5.65 Å². The smallest absolute Gasteiger partial charge is 0.341 e. The van der Waals surface area contributed by atoms with Crippen molar-refractivity contribution in [2.75, 3.05) is 13.6 Å². The molecular weight excluding hydrogens is 299 g/mol. The van der Waals surface area contributed by atoms with Gasteiger partial charge in [0.25, 0.3) is 11.5 Å². The number of aromatic nitrogens is 2. The number of carbonyl (C=O) groups excluding carboxylic acids is 1. The number of pyridine rings is 1. The highest BCUT2D eigenvalue weighted by Crippen LogP contribution is 2.19. The van der Waals surface area contributed by atoms with E-state index in [0.29, 0.717) is 5.65 Å². The van der Waals surface area contributed by atoms with Crippen LogP contribution in [0.5, 0.6) is 0 Å². The lowest BCUT2D eigenvalue weighted by molar-refractivity contribution is -0.136. The lowest BCUT2D eigenvalue weighted by Gasteiger charge is -2.17. The minimum Gasteiger partial charge on any atom is -0.341 e. The molecule has 0 bridgehead atoms. The lowest BCUT2D eigenvalue weighted by atomic mass is 10.2. The van der Waals surface area contributed by atoms with Gasteiger partial charge in [-0.2, -0.15) is 13.2 Å². The topological polar surface area (TPSA) is 54.7 Å². The summed E-state index contributed by atoms with van der Waals surface area (Å²) in [7, 11) is 1.22. The van der Waals surface area contributed by atoms with Gasteiger partial charge in [-0.05, 0) is 18.6 Å². The number of nitrogens with zero attached hydrogens (tertiary/aromatic N) is 3. The minimum atomic E-state index is -4.36. The monoisotopic (exact) mass is 313 g/mol. The zero-order valence-electron chi connectivity index (χ0n) is 12.0. The first-order valence-corrected chi connectivity index (χ1v) is 6.49. The first kappa shape index (κ1) is 16.0. The second-order valence-electron chi connectivity index (χ2n) is 5.00. The Morgan fingerprint density at radius 3 is 2.68 bits per heavy atom. The van der Waals surface area contributed by atoms with Gasteiger partial charge in [-0.15, -0.1) is 0 Å². The van der Waals surface area contributed by atoms with Crippen LogP contribution in [-0.2, 0) is 0 Å².